The second kappa shape index (κ2) is 5.87. The zero-order chi connectivity index (χ0) is 16.6. The predicted octanol–water partition coefficient (Wildman–Crippen LogP) is 2.16. The number of esters is 1. The second-order valence-corrected chi connectivity index (χ2v) is 7.61. The van der Waals surface area contributed by atoms with Crippen molar-refractivity contribution in [3.8, 4) is 0 Å². The van der Waals surface area contributed by atoms with E-state index < -0.39 is 40.5 Å². The largest absolute Gasteiger partial charge is 0.458 e. The number of ether oxygens (including phenoxy) is 2. The fraction of sp³-hybridized carbons (Fsp3) is 0.786. The molecule has 0 radical (unpaired) electrons. The Morgan fingerprint density at radius 1 is 1.10 bits per heavy atom. The van der Waals surface area contributed by atoms with Crippen LogP contribution in [0.5, 0.6) is 0 Å². The van der Waals surface area contributed by atoms with Gasteiger partial charge >= 0.3 is 12.1 Å². The summed E-state index contributed by atoms with van der Waals surface area (Å²) >= 11 is 4.11. The Bertz CT molecular complexity index is 449. The molecule has 2 atom stereocenters. The highest BCUT2D eigenvalue weighted by molar-refractivity contribution is 7.81. The highest BCUT2D eigenvalue weighted by Gasteiger charge is 2.48. The van der Waals surface area contributed by atoms with E-state index in [2.05, 4.69) is 12.6 Å². The van der Waals surface area contributed by atoms with Gasteiger partial charge in [-0.05, 0) is 48.0 Å². The number of amides is 2. The maximum absolute atomic E-state index is 12.2. The smallest absolute Gasteiger partial charge is 0.417 e. The quantitative estimate of drug-likeness (QED) is 0.593. The first-order valence-electron chi connectivity index (χ1n) is 6.79. The molecule has 0 aromatic rings. The van der Waals surface area contributed by atoms with Crippen LogP contribution in [0.4, 0.5) is 4.79 Å². The number of likely N-dealkylation sites (tertiary alicyclic amines) is 1. The summed E-state index contributed by atoms with van der Waals surface area (Å²) in [5.41, 5.74) is -1.46. The van der Waals surface area contributed by atoms with E-state index in [-0.39, 0.29) is 6.42 Å². The van der Waals surface area contributed by atoms with Crippen LogP contribution in [0.25, 0.3) is 0 Å². The highest BCUT2D eigenvalue weighted by Crippen LogP contribution is 2.27. The average molecular weight is 317 g/mol. The molecule has 120 valence electrons. The lowest BCUT2D eigenvalue weighted by Crippen LogP contribution is -2.47. The second-order valence-electron chi connectivity index (χ2n) is 6.99. The molecular weight excluding hydrogens is 294 g/mol. The van der Waals surface area contributed by atoms with E-state index in [9.17, 15) is 14.4 Å². The standard InChI is InChI=1S/C14H23NO5S/c1-13(2,3)19-11(17)8-7-9(21)10(16)15(8)12(18)20-14(4,5)6/h8-9,21H,7H2,1-6H3. The maximum atomic E-state index is 12.2. The lowest BCUT2D eigenvalue weighted by Gasteiger charge is -2.28. The van der Waals surface area contributed by atoms with Gasteiger partial charge in [-0.1, -0.05) is 0 Å². The molecule has 0 saturated carbocycles. The zero-order valence-corrected chi connectivity index (χ0v) is 14.2. The van der Waals surface area contributed by atoms with Crippen molar-refractivity contribution in [2.45, 2.75) is 70.5 Å². The third-order valence-electron chi connectivity index (χ3n) is 2.55. The topological polar surface area (TPSA) is 72.9 Å². The fourth-order valence-corrected chi connectivity index (χ4v) is 2.16. The van der Waals surface area contributed by atoms with Gasteiger partial charge in [0, 0.05) is 0 Å². The van der Waals surface area contributed by atoms with Gasteiger partial charge in [-0.15, -0.1) is 0 Å². The van der Waals surface area contributed by atoms with Crippen molar-refractivity contribution in [2.24, 2.45) is 0 Å². The molecule has 0 spiro atoms. The van der Waals surface area contributed by atoms with E-state index in [4.69, 9.17) is 9.47 Å². The first-order valence-corrected chi connectivity index (χ1v) is 7.30. The van der Waals surface area contributed by atoms with Crippen LogP contribution in [-0.2, 0) is 19.1 Å². The van der Waals surface area contributed by atoms with Gasteiger partial charge in [0.1, 0.15) is 17.2 Å². The minimum atomic E-state index is -0.992. The molecule has 0 N–H and O–H groups in total. The van der Waals surface area contributed by atoms with Crippen LogP contribution in [0.3, 0.4) is 0 Å². The van der Waals surface area contributed by atoms with Crippen LogP contribution in [0, 0.1) is 0 Å². The van der Waals surface area contributed by atoms with Crippen LogP contribution >= 0.6 is 12.6 Å². The Hall–Kier alpha value is -1.24. The summed E-state index contributed by atoms with van der Waals surface area (Å²) in [6.07, 6.45) is -0.726. The lowest BCUT2D eigenvalue weighted by molar-refractivity contribution is -0.161. The Balaban J connectivity index is 2.94. The van der Waals surface area contributed by atoms with E-state index in [0.717, 1.165) is 4.90 Å². The normalized spacial score (nSPS) is 23.2. The molecule has 2 amide bonds. The molecule has 1 rings (SSSR count). The van der Waals surface area contributed by atoms with Crippen molar-refractivity contribution in [3.05, 3.63) is 0 Å². The number of hydrogen-bond acceptors (Lipinski definition) is 6. The van der Waals surface area contributed by atoms with Crippen LogP contribution in [0.1, 0.15) is 48.0 Å². The van der Waals surface area contributed by atoms with E-state index in [0.29, 0.717) is 0 Å². The number of carbonyl (C=O) groups is 3. The van der Waals surface area contributed by atoms with Gasteiger partial charge in [0.25, 0.3) is 0 Å². The number of nitrogens with zero attached hydrogens (tertiary/aromatic N) is 1. The van der Waals surface area contributed by atoms with Gasteiger partial charge < -0.3 is 9.47 Å². The first-order chi connectivity index (χ1) is 9.32. The Morgan fingerprint density at radius 3 is 2.00 bits per heavy atom. The third-order valence-corrected chi connectivity index (χ3v) is 2.98. The van der Waals surface area contributed by atoms with Gasteiger partial charge in [0.2, 0.25) is 5.91 Å². The summed E-state index contributed by atoms with van der Waals surface area (Å²) < 4.78 is 10.4. The summed E-state index contributed by atoms with van der Waals surface area (Å²) in [5, 5.41) is -0.713. The fourth-order valence-electron chi connectivity index (χ4n) is 1.83. The monoisotopic (exact) mass is 317 g/mol. The molecule has 2 unspecified atom stereocenters. The Kier molecular flexibility index (Phi) is 4.98. The van der Waals surface area contributed by atoms with Crippen molar-refractivity contribution < 1.29 is 23.9 Å². The third kappa shape index (κ3) is 4.91. The summed E-state index contributed by atoms with van der Waals surface area (Å²) in [6.45, 7) is 10.2. The van der Waals surface area contributed by atoms with Crippen LogP contribution in [0.15, 0.2) is 0 Å². The van der Waals surface area contributed by atoms with Gasteiger partial charge in [-0.3, -0.25) is 4.79 Å². The van der Waals surface area contributed by atoms with Crippen molar-refractivity contribution in [1.82, 2.24) is 4.90 Å². The molecule has 0 aromatic carbocycles. The molecule has 1 saturated heterocycles. The number of hydrogen-bond donors (Lipinski definition) is 1. The summed E-state index contributed by atoms with van der Waals surface area (Å²) in [6, 6.07) is -0.992. The molecule has 6 nitrogen and oxygen atoms in total. The number of carbonyl (C=O) groups excluding carboxylic acids is 3. The number of imide groups is 1. The zero-order valence-electron chi connectivity index (χ0n) is 13.3. The summed E-state index contributed by atoms with van der Waals surface area (Å²) in [5.74, 6) is -1.17. The van der Waals surface area contributed by atoms with Crippen LogP contribution in [-0.4, -0.2) is 45.4 Å². The molecule has 7 heteroatoms. The lowest BCUT2D eigenvalue weighted by atomic mass is 10.1. The highest BCUT2D eigenvalue weighted by atomic mass is 32.1. The van der Waals surface area contributed by atoms with Crippen molar-refractivity contribution in [1.29, 1.82) is 0 Å². The van der Waals surface area contributed by atoms with E-state index in [1.807, 2.05) is 0 Å². The molecule has 21 heavy (non-hydrogen) atoms. The Labute approximate surface area is 130 Å². The van der Waals surface area contributed by atoms with Crippen LogP contribution < -0.4 is 0 Å². The molecular formula is C14H23NO5S. The molecule has 0 aliphatic carbocycles. The average Bonchev–Trinajstić information content (AvgIpc) is 2.50. The SMILES string of the molecule is CC(C)(C)OC(=O)C1CC(S)C(=O)N1C(=O)OC(C)(C)C. The summed E-state index contributed by atoms with van der Waals surface area (Å²) in [4.78, 5) is 37.2. The first kappa shape index (κ1) is 17.8. The van der Waals surface area contributed by atoms with Gasteiger partial charge in [0.15, 0.2) is 0 Å². The maximum Gasteiger partial charge on any atom is 0.417 e. The van der Waals surface area contributed by atoms with Crippen molar-refractivity contribution >= 4 is 30.6 Å². The summed E-state index contributed by atoms with van der Waals surface area (Å²) in [7, 11) is 0. The molecule has 1 heterocycles. The minimum absolute atomic E-state index is 0.121. The molecule has 1 fully saturated rings. The van der Waals surface area contributed by atoms with E-state index >= 15 is 0 Å². The molecule has 1 aliphatic rings. The van der Waals surface area contributed by atoms with Gasteiger partial charge in [-0.2, -0.15) is 12.6 Å². The molecule has 0 aromatic heterocycles. The number of rotatable bonds is 1. The van der Waals surface area contributed by atoms with Crippen molar-refractivity contribution in [3.63, 3.8) is 0 Å². The van der Waals surface area contributed by atoms with Crippen LogP contribution in [0.2, 0.25) is 0 Å². The predicted molar refractivity (Wildman–Crippen MR) is 80.1 cm³/mol. The van der Waals surface area contributed by atoms with Crippen molar-refractivity contribution in [2.75, 3.05) is 0 Å². The Morgan fingerprint density at radius 2 is 1.57 bits per heavy atom. The van der Waals surface area contributed by atoms with E-state index in [1.54, 1.807) is 41.5 Å². The van der Waals surface area contributed by atoms with E-state index in [1.165, 1.54) is 0 Å². The minimum Gasteiger partial charge on any atom is -0.458 e. The van der Waals surface area contributed by atoms with Gasteiger partial charge in [-0.25, -0.2) is 14.5 Å². The number of thiol groups is 1. The molecule has 0 bridgehead atoms. The van der Waals surface area contributed by atoms with Gasteiger partial charge in [0.05, 0.1) is 5.25 Å². The molecule has 1 aliphatic heterocycles.